The number of piperidine rings is 1. The number of halogens is 6. The molecule has 2 aromatic carbocycles. The Balaban J connectivity index is 1.63. The molecule has 2 aliphatic rings. The first-order valence-corrected chi connectivity index (χ1v) is 13.1. The molecule has 5 nitrogen and oxygen atoms in total. The van der Waals surface area contributed by atoms with E-state index in [4.69, 9.17) is 0 Å². The fraction of sp³-hybridized carbons (Fsp3) is 0.458. The van der Waals surface area contributed by atoms with Crippen LogP contribution in [0.2, 0.25) is 0 Å². The van der Waals surface area contributed by atoms with Gasteiger partial charge in [-0.05, 0) is 30.2 Å². The van der Waals surface area contributed by atoms with Crippen molar-refractivity contribution in [3.05, 3.63) is 70.8 Å². The average Bonchev–Trinajstić information content (AvgIpc) is 2.82. The molecule has 0 bridgehead atoms. The molecule has 2 saturated heterocycles. The second-order valence-corrected chi connectivity index (χ2v) is 11.4. The number of carbonyl (C=O) groups excluding carboxylic acids is 1. The van der Waals surface area contributed by atoms with Gasteiger partial charge in [0.15, 0.2) is 9.84 Å². The predicted octanol–water partition coefficient (Wildman–Crippen LogP) is 4.45. The number of benzene rings is 2. The normalized spacial score (nSPS) is 23.4. The summed E-state index contributed by atoms with van der Waals surface area (Å²) in [7, 11) is -3.12. The largest absolute Gasteiger partial charge is 0.416 e. The predicted molar refractivity (Wildman–Crippen MR) is 120 cm³/mol. The maximum Gasteiger partial charge on any atom is 0.416 e. The average molecular weight is 535 g/mol. The van der Waals surface area contributed by atoms with Gasteiger partial charge in [-0.25, -0.2) is 8.42 Å². The molecule has 36 heavy (non-hydrogen) atoms. The molecule has 2 heterocycles. The number of alkyl halides is 6. The van der Waals surface area contributed by atoms with Crippen molar-refractivity contribution in [1.82, 2.24) is 9.80 Å². The van der Waals surface area contributed by atoms with Crippen molar-refractivity contribution >= 4 is 15.7 Å². The van der Waals surface area contributed by atoms with Crippen LogP contribution in [0.25, 0.3) is 0 Å². The molecule has 0 aromatic heterocycles. The zero-order valence-corrected chi connectivity index (χ0v) is 19.8. The molecule has 0 radical (unpaired) electrons. The molecule has 2 atom stereocenters. The lowest BCUT2D eigenvalue weighted by Gasteiger charge is -2.45. The molecule has 0 spiro atoms. The summed E-state index contributed by atoms with van der Waals surface area (Å²) in [6.45, 7) is 0.849. The van der Waals surface area contributed by atoms with Gasteiger partial charge in [0.05, 0.1) is 22.6 Å². The highest BCUT2D eigenvalue weighted by Gasteiger charge is 2.40. The van der Waals surface area contributed by atoms with Gasteiger partial charge in [0, 0.05) is 43.7 Å². The van der Waals surface area contributed by atoms with Crippen LogP contribution in [0.4, 0.5) is 26.3 Å². The number of rotatable bonds is 3. The van der Waals surface area contributed by atoms with Crippen molar-refractivity contribution in [1.29, 1.82) is 0 Å². The SMILES string of the molecule is O=C(c1cc(C(F)(F)F)cc(C(F)(F)F)c1)N1CC[C@@H](N2CCS(=O)(=O)CC2)[C@@H](c2ccccc2)C1. The highest BCUT2D eigenvalue weighted by atomic mass is 32.2. The molecule has 0 N–H and O–H groups in total. The molecule has 1 amide bonds. The second-order valence-electron chi connectivity index (χ2n) is 9.11. The summed E-state index contributed by atoms with van der Waals surface area (Å²) < 4.78 is 104. The number of sulfone groups is 1. The van der Waals surface area contributed by atoms with Crippen LogP contribution < -0.4 is 0 Å². The Morgan fingerprint density at radius 2 is 1.39 bits per heavy atom. The van der Waals surface area contributed by atoms with E-state index in [0.717, 1.165) is 5.56 Å². The van der Waals surface area contributed by atoms with E-state index in [1.165, 1.54) is 4.90 Å². The molecule has 0 aliphatic carbocycles. The number of carbonyl (C=O) groups is 1. The first-order chi connectivity index (χ1) is 16.7. The van der Waals surface area contributed by atoms with E-state index < -0.39 is 44.8 Å². The van der Waals surface area contributed by atoms with Crippen LogP contribution in [0.3, 0.4) is 0 Å². The van der Waals surface area contributed by atoms with Crippen LogP contribution in [0.5, 0.6) is 0 Å². The Hall–Kier alpha value is -2.60. The lowest BCUT2D eigenvalue weighted by atomic mass is 9.84. The van der Waals surface area contributed by atoms with Crippen LogP contribution in [-0.4, -0.2) is 67.9 Å². The Labute approximate surface area is 204 Å². The third-order valence-corrected chi connectivity index (χ3v) is 8.38. The maximum absolute atomic E-state index is 13.3. The Kier molecular flexibility index (Phi) is 7.13. The lowest BCUT2D eigenvalue weighted by molar-refractivity contribution is -0.143. The van der Waals surface area contributed by atoms with Crippen LogP contribution in [0, 0.1) is 0 Å². The van der Waals surface area contributed by atoms with E-state index in [9.17, 15) is 39.6 Å². The summed E-state index contributed by atoms with van der Waals surface area (Å²) in [6, 6.07) is 9.88. The first-order valence-electron chi connectivity index (χ1n) is 11.3. The van der Waals surface area contributed by atoms with E-state index in [-0.39, 0.29) is 42.6 Å². The smallest absolute Gasteiger partial charge is 0.338 e. The molecule has 12 heteroatoms. The number of amides is 1. The Morgan fingerprint density at radius 1 is 0.833 bits per heavy atom. The van der Waals surface area contributed by atoms with Gasteiger partial charge in [-0.2, -0.15) is 26.3 Å². The van der Waals surface area contributed by atoms with Crippen molar-refractivity contribution in [2.75, 3.05) is 37.7 Å². The number of likely N-dealkylation sites (tertiary alicyclic amines) is 1. The first kappa shape index (κ1) is 26.5. The van der Waals surface area contributed by atoms with Crippen LogP contribution in [-0.2, 0) is 22.2 Å². The van der Waals surface area contributed by atoms with Gasteiger partial charge in [0.1, 0.15) is 0 Å². The highest BCUT2D eigenvalue weighted by molar-refractivity contribution is 7.91. The number of hydrogen-bond acceptors (Lipinski definition) is 4. The van der Waals surface area contributed by atoms with E-state index in [2.05, 4.69) is 0 Å². The molecule has 0 unspecified atom stereocenters. The summed E-state index contributed by atoms with van der Waals surface area (Å²) in [5, 5.41) is 0. The van der Waals surface area contributed by atoms with E-state index in [1.54, 1.807) is 18.2 Å². The summed E-state index contributed by atoms with van der Waals surface area (Å²) >= 11 is 0. The molecule has 4 rings (SSSR count). The quantitative estimate of drug-likeness (QED) is 0.546. The maximum atomic E-state index is 13.3. The van der Waals surface area contributed by atoms with Crippen molar-refractivity contribution < 1.29 is 39.6 Å². The van der Waals surface area contributed by atoms with Crippen LogP contribution in [0.1, 0.15) is 39.4 Å². The fourth-order valence-electron chi connectivity index (χ4n) is 4.91. The van der Waals surface area contributed by atoms with Crippen LogP contribution in [0.15, 0.2) is 48.5 Å². The fourth-order valence-corrected chi connectivity index (χ4v) is 6.14. The van der Waals surface area contributed by atoms with Gasteiger partial charge in [-0.3, -0.25) is 9.69 Å². The van der Waals surface area contributed by atoms with Gasteiger partial charge in [-0.1, -0.05) is 30.3 Å². The third-order valence-electron chi connectivity index (χ3n) is 6.77. The van der Waals surface area contributed by atoms with Gasteiger partial charge in [-0.15, -0.1) is 0 Å². The second kappa shape index (κ2) is 9.70. The molecule has 2 aliphatic heterocycles. The third kappa shape index (κ3) is 5.86. The highest BCUT2D eigenvalue weighted by Crippen LogP contribution is 2.38. The standard InChI is InChI=1S/C24H24F6N2O3S/c25-23(26,27)18-12-17(13-19(14-18)24(28,29)30)22(33)32-7-6-21(31-8-10-36(34,35)11-9-31)20(15-32)16-4-2-1-3-5-16/h1-5,12-14,20-21H,6-11,15H2/t20-,21-/m1/s1. The van der Waals surface area contributed by atoms with E-state index in [0.29, 0.717) is 31.6 Å². The summed E-state index contributed by atoms with van der Waals surface area (Å²) in [5.74, 6) is -1.18. The Morgan fingerprint density at radius 3 is 1.92 bits per heavy atom. The zero-order valence-electron chi connectivity index (χ0n) is 19.0. The molecule has 2 fully saturated rings. The van der Waals surface area contributed by atoms with E-state index >= 15 is 0 Å². The molecule has 0 saturated carbocycles. The summed E-state index contributed by atoms with van der Waals surface area (Å²) in [6.07, 6.45) is -9.70. The van der Waals surface area contributed by atoms with Gasteiger partial charge < -0.3 is 4.90 Å². The van der Waals surface area contributed by atoms with Gasteiger partial charge >= 0.3 is 12.4 Å². The number of nitrogens with zero attached hydrogens (tertiary/aromatic N) is 2. The zero-order chi connectivity index (χ0) is 26.3. The van der Waals surface area contributed by atoms with Gasteiger partial charge in [0.25, 0.3) is 5.91 Å². The molecule has 196 valence electrons. The minimum Gasteiger partial charge on any atom is -0.338 e. The van der Waals surface area contributed by atoms with Gasteiger partial charge in [0.2, 0.25) is 0 Å². The lowest BCUT2D eigenvalue weighted by Crippen LogP contribution is -2.54. The molecular formula is C24H24F6N2O3S. The van der Waals surface area contributed by atoms with Crippen LogP contribution >= 0.6 is 0 Å². The number of hydrogen-bond donors (Lipinski definition) is 0. The minimum atomic E-state index is -5.05. The molecule has 2 aromatic rings. The van der Waals surface area contributed by atoms with Crippen molar-refractivity contribution in [3.63, 3.8) is 0 Å². The monoisotopic (exact) mass is 534 g/mol. The summed E-state index contributed by atoms with van der Waals surface area (Å²) in [5.41, 5.74) is -2.89. The molecular weight excluding hydrogens is 510 g/mol. The minimum absolute atomic E-state index is 0.000193. The summed E-state index contributed by atoms with van der Waals surface area (Å²) in [4.78, 5) is 16.5. The van der Waals surface area contributed by atoms with E-state index in [1.807, 2.05) is 17.0 Å². The Bertz CT molecular complexity index is 1170. The van der Waals surface area contributed by atoms with Crippen molar-refractivity contribution in [2.45, 2.75) is 30.7 Å². The van der Waals surface area contributed by atoms with Crippen molar-refractivity contribution in [3.8, 4) is 0 Å². The topological polar surface area (TPSA) is 57.7 Å². The van der Waals surface area contributed by atoms with Crippen molar-refractivity contribution in [2.24, 2.45) is 0 Å².